The van der Waals surface area contributed by atoms with Crippen LogP contribution in [0.1, 0.15) is 52.7 Å². The van der Waals surface area contributed by atoms with Crippen LogP contribution in [0.2, 0.25) is 0 Å². The van der Waals surface area contributed by atoms with Gasteiger partial charge in [0.15, 0.2) is 0 Å². The zero-order valence-corrected chi connectivity index (χ0v) is 21.5. The highest BCUT2D eigenvalue weighted by Gasteiger charge is 2.28. The van der Waals surface area contributed by atoms with E-state index in [1.165, 1.54) is 21.7 Å². The fraction of sp³-hybridized carbons (Fsp3) is 0.312. The minimum atomic E-state index is 0.0927. The van der Waals surface area contributed by atoms with E-state index in [0.29, 0.717) is 0 Å². The monoisotopic (exact) mass is 460 g/mol. The molecule has 0 fully saturated rings. The van der Waals surface area contributed by atoms with Gasteiger partial charge in [-0.2, -0.15) is 0 Å². The molecule has 3 heteroatoms. The molecule has 0 saturated heterocycles. The molecule has 0 N–H and O–H groups in total. The number of aromatic nitrogens is 2. The van der Waals surface area contributed by atoms with Crippen molar-refractivity contribution >= 4 is 32.4 Å². The van der Waals surface area contributed by atoms with E-state index in [1.807, 2.05) is 18.5 Å². The molecule has 0 unspecified atom stereocenters. The molecule has 35 heavy (non-hydrogen) atoms. The van der Waals surface area contributed by atoms with Gasteiger partial charge in [-0.1, -0.05) is 65.8 Å². The Balaban J connectivity index is 1.65. The highest BCUT2D eigenvalue weighted by molar-refractivity contribution is 6.16. The molecule has 0 spiro atoms. The molecular weight excluding hydrogens is 428 g/mol. The summed E-state index contributed by atoms with van der Waals surface area (Å²) in [6, 6.07) is 17.5. The lowest BCUT2D eigenvalue weighted by atomic mass is 9.84. The Kier molecular flexibility index (Phi) is 4.73. The third-order valence-corrected chi connectivity index (χ3v) is 6.74. The fourth-order valence-electron chi connectivity index (χ4n) is 5.49. The predicted octanol–water partition coefficient (Wildman–Crippen LogP) is 8.89. The number of benzene rings is 3. The second-order valence-corrected chi connectivity index (χ2v) is 12.4. The molecular formula is C32H32N2O. The highest BCUT2D eigenvalue weighted by atomic mass is 16.5. The zero-order chi connectivity index (χ0) is 24.5. The molecule has 0 bridgehead atoms. The first kappa shape index (κ1) is 22.0. The lowest BCUT2D eigenvalue weighted by Gasteiger charge is -2.27. The number of pyridine rings is 2. The van der Waals surface area contributed by atoms with E-state index in [4.69, 9.17) is 14.7 Å². The van der Waals surface area contributed by atoms with E-state index >= 15 is 0 Å². The third-order valence-electron chi connectivity index (χ3n) is 6.74. The van der Waals surface area contributed by atoms with Crippen molar-refractivity contribution in [2.24, 2.45) is 10.8 Å². The Morgan fingerprint density at radius 2 is 1.54 bits per heavy atom. The van der Waals surface area contributed by atoms with E-state index < -0.39 is 0 Å². The van der Waals surface area contributed by atoms with E-state index in [2.05, 4.69) is 84.0 Å². The van der Waals surface area contributed by atoms with Crippen LogP contribution in [0.4, 0.5) is 0 Å². The van der Waals surface area contributed by atoms with Crippen LogP contribution in [-0.2, 0) is 12.8 Å². The minimum Gasteiger partial charge on any atom is -0.456 e. The van der Waals surface area contributed by atoms with Crippen molar-refractivity contribution in [3.05, 3.63) is 72.1 Å². The molecule has 0 amide bonds. The molecule has 0 aliphatic carbocycles. The van der Waals surface area contributed by atoms with Crippen molar-refractivity contribution in [3.63, 3.8) is 0 Å². The van der Waals surface area contributed by atoms with Gasteiger partial charge in [-0.15, -0.1) is 0 Å². The van der Waals surface area contributed by atoms with E-state index in [-0.39, 0.29) is 10.8 Å². The van der Waals surface area contributed by atoms with Crippen LogP contribution in [0.3, 0.4) is 0 Å². The summed E-state index contributed by atoms with van der Waals surface area (Å²) < 4.78 is 6.77. The highest BCUT2D eigenvalue weighted by Crippen LogP contribution is 2.51. The number of fused-ring (bicyclic) bond motifs is 5. The van der Waals surface area contributed by atoms with Crippen molar-refractivity contribution in [2.45, 2.75) is 54.4 Å². The van der Waals surface area contributed by atoms with Crippen molar-refractivity contribution in [2.75, 3.05) is 0 Å². The van der Waals surface area contributed by atoms with Gasteiger partial charge in [0.25, 0.3) is 0 Å². The minimum absolute atomic E-state index is 0.0927. The molecule has 2 aromatic heterocycles. The largest absolute Gasteiger partial charge is 0.456 e. The molecule has 176 valence electrons. The Labute approximate surface area is 207 Å². The van der Waals surface area contributed by atoms with Crippen LogP contribution in [0.5, 0.6) is 11.5 Å². The van der Waals surface area contributed by atoms with Gasteiger partial charge in [0.1, 0.15) is 11.5 Å². The molecule has 1 aliphatic rings. The van der Waals surface area contributed by atoms with Crippen molar-refractivity contribution in [3.8, 4) is 22.8 Å². The Hall–Kier alpha value is -3.46. The molecule has 1 aliphatic heterocycles. The standard InChI is InChI=1S/C32H32N2O/c1-31(2,3)17-19-9-10-20-16-26-27-22(23(20)14-19)11-13-34-29(27)24-15-21-8-7-12-33-28(21)25(30(24)35-26)18-32(4,5)6/h7-16H,17-18H2,1-6H3. The van der Waals surface area contributed by atoms with Crippen LogP contribution in [0, 0.1) is 10.8 Å². The molecule has 0 atom stereocenters. The summed E-state index contributed by atoms with van der Waals surface area (Å²) in [4.78, 5) is 9.68. The fourth-order valence-corrected chi connectivity index (χ4v) is 5.49. The van der Waals surface area contributed by atoms with Crippen molar-refractivity contribution < 1.29 is 4.74 Å². The van der Waals surface area contributed by atoms with Crippen molar-refractivity contribution in [1.82, 2.24) is 9.97 Å². The zero-order valence-electron chi connectivity index (χ0n) is 21.5. The van der Waals surface area contributed by atoms with Gasteiger partial charge in [0.05, 0.1) is 16.6 Å². The predicted molar refractivity (Wildman–Crippen MR) is 146 cm³/mol. The van der Waals surface area contributed by atoms with E-state index in [9.17, 15) is 0 Å². The van der Waals surface area contributed by atoms with Gasteiger partial charge in [-0.25, -0.2) is 0 Å². The third kappa shape index (κ3) is 3.83. The average molecular weight is 461 g/mol. The van der Waals surface area contributed by atoms with Gasteiger partial charge in [0.2, 0.25) is 0 Å². The summed E-state index contributed by atoms with van der Waals surface area (Å²) in [5.74, 6) is 1.79. The maximum absolute atomic E-state index is 6.77. The van der Waals surface area contributed by atoms with E-state index in [0.717, 1.165) is 57.5 Å². The van der Waals surface area contributed by atoms with Crippen LogP contribution < -0.4 is 4.74 Å². The summed E-state index contributed by atoms with van der Waals surface area (Å²) in [5.41, 5.74) is 5.94. The van der Waals surface area contributed by atoms with Gasteiger partial charge >= 0.3 is 0 Å². The smallest absolute Gasteiger partial charge is 0.142 e. The first-order chi connectivity index (χ1) is 16.6. The van der Waals surface area contributed by atoms with Gasteiger partial charge in [-0.05, 0) is 69.7 Å². The van der Waals surface area contributed by atoms with Crippen LogP contribution >= 0.6 is 0 Å². The quantitative estimate of drug-likeness (QED) is 0.242. The summed E-state index contributed by atoms with van der Waals surface area (Å²) in [6.45, 7) is 13.7. The normalized spacial score (nSPS) is 13.3. The SMILES string of the molecule is CC(C)(C)Cc1ccc2cc3c4c(nccc4c2c1)-c1cc2cccnc2c(CC(C)(C)C)c1O3. The number of rotatable bonds is 2. The Bertz CT molecular complexity index is 1630. The van der Waals surface area contributed by atoms with E-state index in [1.54, 1.807) is 0 Å². The molecule has 3 heterocycles. The van der Waals surface area contributed by atoms with Crippen LogP contribution in [-0.4, -0.2) is 9.97 Å². The van der Waals surface area contributed by atoms with Gasteiger partial charge < -0.3 is 4.74 Å². The summed E-state index contributed by atoms with van der Waals surface area (Å²) in [5, 5.41) is 5.89. The number of ether oxygens (including phenoxy) is 1. The molecule has 0 radical (unpaired) electrons. The van der Waals surface area contributed by atoms with Crippen LogP contribution in [0.15, 0.2) is 60.9 Å². The average Bonchev–Trinajstić information content (AvgIpc) is 2.78. The lowest BCUT2D eigenvalue weighted by molar-refractivity contribution is 0.400. The topological polar surface area (TPSA) is 35.0 Å². The summed E-state index contributed by atoms with van der Waals surface area (Å²) >= 11 is 0. The second-order valence-electron chi connectivity index (χ2n) is 12.4. The Morgan fingerprint density at radius 1 is 0.743 bits per heavy atom. The second kappa shape index (κ2) is 7.52. The molecule has 3 aromatic carbocycles. The molecule has 5 aromatic rings. The number of hydrogen-bond donors (Lipinski definition) is 0. The van der Waals surface area contributed by atoms with Crippen molar-refractivity contribution in [1.29, 1.82) is 0 Å². The number of nitrogens with zero attached hydrogens (tertiary/aromatic N) is 2. The summed E-state index contributed by atoms with van der Waals surface area (Å²) in [7, 11) is 0. The Morgan fingerprint density at radius 3 is 2.31 bits per heavy atom. The molecule has 6 rings (SSSR count). The maximum Gasteiger partial charge on any atom is 0.142 e. The lowest BCUT2D eigenvalue weighted by Crippen LogP contribution is -2.12. The summed E-state index contributed by atoms with van der Waals surface area (Å²) in [6.07, 6.45) is 5.74. The number of hydrogen-bond acceptors (Lipinski definition) is 3. The molecule has 3 nitrogen and oxygen atoms in total. The first-order valence-corrected chi connectivity index (χ1v) is 12.5. The van der Waals surface area contributed by atoms with Gasteiger partial charge in [-0.3, -0.25) is 9.97 Å². The van der Waals surface area contributed by atoms with Gasteiger partial charge in [0, 0.05) is 28.9 Å². The maximum atomic E-state index is 6.77. The molecule has 0 saturated carbocycles. The van der Waals surface area contributed by atoms with Crippen LogP contribution in [0.25, 0.3) is 43.7 Å². The first-order valence-electron chi connectivity index (χ1n) is 12.5.